The molecule has 17 heavy (non-hydrogen) atoms. The molecule has 0 amide bonds. The SMILES string of the molecule is c1ccc2c(c1)[nH]c1c3cncnc3ccc21. The van der Waals surface area contributed by atoms with E-state index in [0.29, 0.717) is 0 Å². The van der Waals surface area contributed by atoms with Crippen molar-refractivity contribution in [2.45, 2.75) is 0 Å². The minimum absolute atomic E-state index is 0.971. The quantitative estimate of drug-likeness (QED) is 0.493. The van der Waals surface area contributed by atoms with Gasteiger partial charge in [-0.25, -0.2) is 9.97 Å². The van der Waals surface area contributed by atoms with Gasteiger partial charge < -0.3 is 4.98 Å². The second kappa shape index (κ2) is 3.04. The summed E-state index contributed by atoms with van der Waals surface area (Å²) in [6, 6.07) is 12.5. The third-order valence-electron chi connectivity index (χ3n) is 3.17. The highest BCUT2D eigenvalue weighted by atomic mass is 14.8. The van der Waals surface area contributed by atoms with Crippen LogP contribution in [0.25, 0.3) is 32.7 Å². The predicted molar refractivity (Wildman–Crippen MR) is 68.9 cm³/mol. The van der Waals surface area contributed by atoms with E-state index in [9.17, 15) is 0 Å². The first-order chi connectivity index (χ1) is 8.43. The predicted octanol–water partition coefficient (Wildman–Crippen LogP) is 3.26. The molecule has 3 heteroatoms. The highest BCUT2D eigenvalue weighted by molar-refractivity contribution is 6.16. The summed E-state index contributed by atoms with van der Waals surface area (Å²) in [7, 11) is 0. The van der Waals surface area contributed by atoms with Crippen molar-refractivity contribution in [3.63, 3.8) is 0 Å². The molecule has 0 fully saturated rings. The van der Waals surface area contributed by atoms with Gasteiger partial charge in [0.25, 0.3) is 0 Å². The first-order valence-corrected chi connectivity index (χ1v) is 5.52. The van der Waals surface area contributed by atoms with Gasteiger partial charge in [0.15, 0.2) is 0 Å². The summed E-state index contributed by atoms with van der Waals surface area (Å²) in [5, 5.41) is 3.54. The van der Waals surface area contributed by atoms with Crippen LogP contribution in [-0.4, -0.2) is 15.0 Å². The Bertz CT molecular complexity index is 846. The molecule has 4 rings (SSSR count). The number of nitrogens with one attached hydrogen (secondary N) is 1. The number of aromatic amines is 1. The maximum Gasteiger partial charge on any atom is 0.116 e. The summed E-state index contributed by atoms with van der Waals surface area (Å²) in [5.41, 5.74) is 3.24. The standard InChI is InChI=1S/C14H9N3/c1-2-4-13-9(3-1)10-5-6-12-11(14(10)17-13)7-15-8-16-12/h1-8,17H. The van der Waals surface area contributed by atoms with Gasteiger partial charge in [-0.05, 0) is 12.1 Å². The number of para-hydroxylation sites is 1. The van der Waals surface area contributed by atoms with Gasteiger partial charge in [0.2, 0.25) is 0 Å². The maximum atomic E-state index is 4.27. The molecular formula is C14H9N3. The van der Waals surface area contributed by atoms with Crippen LogP contribution in [-0.2, 0) is 0 Å². The van der Waals surface area contributed by atoms with Crippen molar-refractivity contribution < 1.29 is 0 Å². The lowest BCUT2D eigenvalue weighted by Crippen LogP contribution is -1.81. The molecule has 2 aromatic heterocycles. The highest BCUT2D eigenvalue weighted by Gasteiger charge is 2.07. The van der Waals surface area contributed by atoms with E-state index < -0.39 is 0 Å². The third kappa shape index (κ3) is 1.11. The zero-order valence-electron chi connectivity index (χ0n) is 9.01. The summed E-state index contributed by atoms with van der Waals surface area (Å²) in [6.07, 6.45) is 3.44. The first kappa shape index (κ1) is 8.70. The van der Waals surface area contributed by atoms with E-state index in [1.165, 1.54) is 10.8 Å². The van der Waals surface area contributed by atoms with Crippen LogP contribution in [0.1, 0.15) is 0 Å². The Morgan fingerprint density at radius 3 is 2.82 bits per heavy atom. The number of hydrogen-bond donors (Lipinski definition) is 1. The Morgan fingerprint density at radius 1 is 0.882 bits per heavy atom. The Hall–Kier alpha value is -2.42. The van der Waals surface area contributed by atoms with E-state index in [0.717, 1.165) is 21.9 Å². The zero-order chi connectivity index (χ0) is 11.2. The summed E-state index contributed by atoms with van der Waals surface area (Å²) >= 11 is 0. The van der Waals surface area contributed by atoms with Crippen LogP contribution in [0.2, 0.25) is 0 Å². The van der Waals surface area contributed by atoms with E-state index in [2.05, 4.69) is 39.2 Å². The Kier molecular flexibility index (Phi) is 1.56. The topological polar surface area (TPSA) is 41.6 Å². The fraction of sp³-hybridized carbons (Fsp3) is 0. The lowest BCUT2D eigenvalue weighted by atomic mass is 10.1. The van der Waals surface area contributed by atoms with Crippen molar-refractivity contribution in [1.29, 1.82) is 0 Å². The van der Waals surface area contributed by atoms with Crippen molar-refractivity contribution in [1.82, 2.24) is 15.0 Å². The van der Waals surface area contributed by atoms with Crippen molar-refractivity contribution in [2.75, 3.05) is 0 Å². The normalized spacial score (nSPS) is 11.5. The summed E-state index contributed by atoms with van der Waals surface area (Å²) in [4.78, 5) is 11.8. The maximum absolute atomic E-state index is 4.27. The van der Waals surface area contributed by atoms with Crippen molar-refractivity contribution in [3.8, 4) is 0 Å². The average molecular weight is 219 g/mol. The molecule has 0 spiro atoms. The number of aromatic nitrogens is 3. The van der Waals surface area contributed by atoms with Crippen LogP contribution in [0, 0.1) is 0 Å². The molecule has 3 nitrogen and oxygen atoms in total. The van der Waals surface area contributed by atoms with E-state index in [-0.39, 0.29) is 0 Å². The molecule has 0 atom stereocenters. The number of fused-ring (bicyclic) bond motifs is 5. The van der Waals surface area contributed by atoms with Crippen molar-refractivity contribution in [2.24, 2.45) is 0 Å². The molecule has 0 radical (unpaired) electrons. The van der Waals surface area contributed by atoms with Gasteiger partial charge >= 0.3 is 0 Å². The fourth-order valence-corrected chi connectivity index (χ4v) is 2.38. The molecule has 0 aliphatic carbocycles. The van der Waals surface area contributed by atoms with Crippen LogP contribution in [0.5, 0.6) is 0 Å². The van der Waals surface area contributed by atoms with Crippen molar-refractivity contribution >= 4 is 32.7 Å². The van der Waals surface area contributed by atoms with E-state index in [1.54, 1.807) is 6.33 Å². The largest absolute Gasteiger partial charge is 0.354 e. The second-order valence-electron chi connectivity index (χ2n) is 4.11. The molecule has 0 aliphatic heterocycles. The van der Waals surface area contributed by atoms with Gasteiger partial charge in [0, 0.05) is 27.9 Å². The monoisotopic (exact) mass is 219 g/mol. The molecule has 2 aromatic carbocycles. The molecule has 0 bridgehead atoms. The number of H-pyrrole nitrogens is 1. The molecule has 2 heterocycles. The van der Waals surface area contributed by atoms with Gasteiger partial charge in [-0.2, -0.15) is 0 Å². The smallest absolute Gasteiger partial charge is 0.116 e. The molecule has 0 unspecified atom stereocenters. The lowest BCUT2D eigenvalue weighted by Gasteiger charge is -1.97. The zero-order valence-corrected chi connectivity index (χ0v) is 9.01. The molecule has 0 saturated carbocycles. The molecule has 1 N–H and O–H groups in total. The molecule has 0 aliphatic rings. The van der Waals surface area contributed by atoms with Crippen LogP contribution in [0.4, 0.5) is 0 Å². The molecule has 80 valence electrons. The molecule has 4 aromatic rings. The van der Waals surface area contributed by atoms with Crippen LogP contribution >= 0.6 is 0 Å². The van der Waals surface area contributed by atoms with Crippen molar-refractivity contribution in [3.05, 3.63) is 48.9 Å². The van der Waals surface area contributed by atoms with Gasteiger partial charge in [0.05, 0.1) is 11.0 Å². The number of benzene rings is 2. The summed E-state index contributed by atoms with van der Waals surface area (Å²) < 4.78 is 0. The average Bonchev–Trinajstić information content (AvgIpc) is 2.78. The third-order valence-corrected chi connectivity index (χ3v) is 3.17. The number of nitrogens with zero attached hydrogens (tertiary/aromatic N) is 2. The van der Waals surface area contributed by atoms with E-state index >= 15 is 0 Å². The second-order valence-corrected chi connectivity index (χ2v) is 4.11. The Balaban J connectivity index is 2.34. The van der Waals surface area contributed by atoms with E-state index in [1.807, 2.05) is 18.3 Å². The summed E-state index contributed by atoms with van der Waals surface area (Å²) in [5.74, 6) is 0. The van der Waals surface area contributed by atoms with Gasteiger partial charge in [-0.15, -0.1) is 0 Å². The van der Waals surface area contributed by atoms with Gasteiger partial charge in [-0.3, -0.25) is 0 Å². The van der Waals surface area contributed by atoms with Crippen LogP contribution < -0.4 is 0 Å². The Labute approximate surface area is 97.1 Å². The molecular weight excluding hydrogens is 210 g/mol. The lowest BCUT2D eigenvalue weighted by molar-refractivity contribution is 1.22. The van der Waals surface area contributed by atoms with E-state index in [4.69, 9.17) is 0 Å². The number of rotatable bonds is 0. The number of hydrogen-bond acceptors (Lipinski definition) is 2. The fourth-order valence-electron chi connectivity index (χ4n) is 2.38. The molecule has 0 saturated heterocycles. The Morgan fingerprint density at radius 2 is 1.82 bits per heavy atom. The minimum Gasteiger partial charge on any atom is -0.354 e. The highest BCUT2D eigenvalue weighted by Crippen LogP contribution is 2.29. The minimum atomic E-state index is 0.971. The van der Waals surface area contributed by atoms with Crippen LogP contribution in [0.3, 0.4) is 0 Å². The van der Waals surface area contributed by atoms with Crippen LogP contribution in [0.15, 0.2) is 48.9 Å². The van der Waals surface area contributed by atoms with Gasteiger partial charge in [-0.1, -0.05) is 24.3 Å². The first-order valence-electron chi connectivity index (χ1n) is 5.52. The van der Waals surface area contributed by atoms with Gasteiger partial charge in [0.1, 0.15) is 6.33 Å². The summed E-state index contributed by atoms with van der Waals surface area (Å²) in [6.45, 7) is 0.